The fourth-order valence-corrected chi connectivity index (χ4v) is 4.68. The summed E-state index contributed by atoms with van der Waals surface area (Å²) in [6, 6.07) is 11.5. The third kappa shape index (κ3) is 4.12. The molecule has 6 nitrogen and oxygen atoms in total. The summed E-state index contributed by atoms with van der Waals surface area (Å²) in [5, 5.41) is 2.94. The van der Waals surface area contributed by atoms with Crippen LogP contribution in [-0.4, -0.2) is 47.4 Å². The van der Waals surface area contributed by atoms with Crippen LogP contribution in [0, 0.1) is 0 Å². The van der Waals surface area contributed by atoms with E-state index in [9.17, 15) is 9.59 Å². The minimum absolute atomic E-state index is 0.311. The molecule has 2 aliphatic heterocycles. The molecule has 2 aliphatic rings. The lowest BCUT2D eigenvalue weighted by atomic mass is 10.1. The van der Waals surface area contributed by atoms with Crippen molar-refractivity contribution in [2.75, 3.05) is 31.2 Å². The zero-order chi connectivity index (χ0) is 19.5. The number of amides is 2. The molecule has 1 aromatic carbocycles. The van der Waals surface area contributed by atoms with Crippen molar-refractivity contribution in [1.82, 2.24) is 10.4 Å². The highest BCUT2D eigenvalue weighted by Crippen LogP contribution is 2.32. The number of morpholine rings is 1. The van der Waals surface area contributed by atoms with Crippen LogP contribution in [-0.2, 0) is 9.53 Å². The molecule has 0 atom stereocenters. The average molecular weight is 432 g/mol. The first-order valence-corrected chi connectivity index (χ1v) is 10.8. The topological polar surface area (TPSA) is 61.9 Å². The first kappa shape index (κ1) is 19.1. The van der Waals surface area contributed by atoms with Gasteiger partial charge in [0.05, 0.1) is 23.0 Å². The largest absolute Gasteiger partial charge is 0.378 e. The van der Waals surface area contributed by atoms with Crippen molar-refractivity contribution in [3.8, 4) is 0 Å². The number of thioether (sulfide) groups is 1. The lowest BCUT2D eigenvalue weighted by Crippen LogP contribution is -2.44. The van der Waals surface area contributed by atoms with Crippen molar-refractivity contribution >= 4 is 63.2 Å². The van der Waals surface area contributed by atoms with Crippen molar-refractivity contribution in [1.29, 1.82) is 0 Å². The second-order valence-electron chi connectivity index (χ2n) is 6.13. The van der Waals surface area contributed by atoms with Gasteiger partial charge in [-0.05, 0) is 47.4 Å². The molecule has 1 N–H and O–H groups in total. The van der Waals surface area contributed by atoms with Gasteiger partial charge in [0.15, 0.2) is 4.32 Å². The number of hydrogen-bond donors (Lipinski definition) is 1. The first-order chi connectivity index (χ1) is 13.6. The Bertz CT molecular complexity index is 920. The molecule has 2 amide bonds. The molecule has 0 unspecified atom stereocenters. The highest BCUT2D eigenvalue weighted by atomic mass is 32.2. The number of carbonyl (C=O) groups is 2. The van der Waals surface area contributed by atoms with Crippen LogP contribution in [0.5, 0.6) is 0 Å². The minimum atomic E-state index is -0.345. The van der Waals surface area contributed by atoms with Crippen LogP contribution < -0.4 is 10.3 Å². The maximum Gasteiger partial charge on any atom is 0.285 e. The number of hydrogen-bond acceptors (Lipinski definition) is 7. The van der Waals surface area contributed by atoms with Gasteiger partial charge < -0.3 is 9.64 Å². The van der Waals surface area contributed by atoms with E-state index >= 15 is 0 Å². The lowest BCUT2D eigenvalue weighted by molar-refractivity contribution is -0.123. The third-order valence-corrected chi connectivity index (χ3v) is 6.49. The summed E-state index contributed by atoms with van der Waals surface area (Å²) >= 11 is 7.75. The van der Waals surface area contributed by atoms with Gasteiger partial charge >= 0.3 is 0 Å². The molecule has 3 heterocycles. The molecule has 9 heteroatoms. The Kier molecular flexibility index (Phi) is 5.77. The monoisotopic (exact) mass is 431 g/mol. The molecule has 1 aromatic heterocycles. The van der Waals surface area contributed by atoms with E-state index in [1.165, 1.54) is 23.1 Å². The van der Waals surface area contributed by atoms with Gasteiger partial charge in [-0.2, -0.15) is 5.01 Å². The number of thiocarbonyl (C=S) groups is 1. The van der Waals surface area contributed by atoms with E-state index in [0.717, 1.165) is 42.6 Å². The molecule has 0 radical (unpaired) electrons. The van der Waals surface area contributed by atoms with Crippen molar-refractivity contribution < 1.29 is 14.3 Å². The Hall–Kier alpha value is -2.20. The molecule has 28 heavy (non-hydrogen) atoms. The molecule has 144 valence electrons. The number of ether oxygens (including phenoxy) is 1. The number of benzene rings is 1. The second-order valence-corrected chi connectivity index (χ2v) is 8.75. The van der Waals surface area contributed by atoms with E-state index in [1.807, 2.05) is 24.3 Å². The summed E-state index contributed by atoms with van der Waals surface area (Å²) in [5.74, 6) is -0.667. The fourth-order valence-electron chi connectivity index (χ4n) is 2.88. The van der Waals surface area contributed by atoms with Gasteiger partial charge in [-0.15, -0.1) is 11.3 Å². The van der Waals surface area contributed by atoms with Gasteiger partial charge in [0.25, 0.3) is 11.8 Å². The highest BCUT2D eigenvalue weighted by molar-refractivity contribution is 8.26. The van der Waals surface area contributed by atoms with E-state index in [2.05, 4.69) is 10.3 Å². The predicted molar refractivity (Wildman–Crippen MR) is 116 cm³/mol. The number of nitrogens with zero attached hydrogens (tertiary/aromatic N) is 2. The van der Waals surface area contributed by atoms with E-state index in [-0.39, 0.29) is 11.8 Å². The van der Waals surface area contributed by atoms with Gasteiger partial charge in [-0.3, -0.25) is 15.0 Å². The van der Waals surface area contributed by atoms with Crippen molar-refractivity contribution in [2.45, 2.75) is 0 Å². The molecule has 0 bridgehead atoms. The molecule has 0 saturated carbocycles. The molecular weight excluding hydrogens is 414 g/mol. The Morgan fingerprint density at radius 1 is 1.18 bits per heavy atom. The SMILES string of the molecule is O=C(NN1C(=O)/C(=C/c2ccc(N3CCOCC3)cc2)SC1=S)c1cccs1. The summed E-state index contributed by atoms with van der Waals surface area (Å²) in [6.07, 6.45) is 1.79. The summed E-state index contributed by atoms with van der Waals surface area (Å²) in [6.45, 7) is 3.23. The van der Waals surface area contributed by atoms with Crippen LogP contribution in [0.15, 0.2) is 46.7 Å². The first-order valence-electron chi connectivity index (χ1n) is 8.67. The van der Waals surface area contributed by atoms with Crippen molar-refractivity contribution in [2.24, 2.45) is 0 Å². The van der Waals surface area contributed by atoms with Gasteiger partial charge in [0.1, 0.15) is 0 Å². The lowest BCUT2D eigenvalue weighted by Gasteiger charge is -2.28. The smallest absolute Gasteiger partial charge is 0.285 e. The third-order valence-electron chi connectivity index (χ3n) is 4.32. The number of carbonyl (C=O) groups excluding carboxylic acids is 2. The molecule has 4 rings (SSSR count). The quantitative estimate of drug-likeness (QED) is 0.593. The molecule has 0 aliphatic carbocycles. The zero-order valence-electron chi connectivity index (χ0n) is 14.8. The zero-order valence-corrected chi connectivity index (χ0v) is 17.2. The summed E-state index contributed by atoms with van der Waals surface area (Å²) in [4.78, 5) is 28.1. The van der Waals surface area contributed by atoms with Crippen molar-refractivity contribution in [3.05, 3.63) is 57.1 Å². The number of anilines is 1. The van der Waals surface area contributed by atoms with Crippen LogP contribution in [0.4, 0.5) is 5.69 Å². The molecule has 0 spiro atoms. The standard InChI is InChI=1S/C19H17N3O3S3/c23-17(15-2-1-11-27-15)20-22-18(24)16(28-19(22)26)12-13-3-5-14(6-4-13)21-7-9-25-10-8-21/h1-6,11-12H,7-10H2,(H,20,23)/b16-12-. The van der Waals surface area contributed by atoms with E-state index < -0.39 is 0 Å². The Morgan fingerprint density at radius 3 is 2.61 bits per heavy atom. The van der Waals surface area contributed by atoms with E-state index in [0.29, 0.717) is 14.1 Å². The number of nitrogens with one attached hydrogen (secondary N) is 1. The average Bonchev–Trinajstić information content (AvgIpc) is 3.34. The van der Waals surface area contributed by atoms with Crippen LogP contribution >= 0.6 is 35.3 Å². The second kappa shape index (κ2) is 8.44. The van der Waals surface area contributed by atoms with Gasteiger partial charge in [-0.25, -0.2) is 0 Å². The Labute approximate surface area is 176 Å². The Morgan fingerprint density at radius 2 is 1.93 bits per heavy atom. The summed E-state index contributed by atoms with van der Waals surface area (Å²) in [5.41, 5.74) is 4.62. The minimum Gasteiger partial charge on any atom is -0.378 e. The van der Waals surface area contributed by atoms with E-state index in [1.54, 1.807) is 23.6 Å². The fraction of sp³-hybridized carbons (Fsp3) is 0.211. The van der Waals surface area contributed by atoms with Gasteiger partial charge in [0.2, 0.25) is 0 Å². The maximum atomic E-state index is 12.7. The molecule has 2 aromatic rings. The van der Waals surface area contributed by atoms with Crippen LogP contribution in [0.25, 0.3) is 6.08 Å². The number of rotatable bonds is 4. The van der Waals surface area contributed by atoms with Crippen LogP contribution in [0.1, 0.15) is 15.2 Å². The molecule has 2 saturated heterocycles. The van der Waals surface area contributed by atoms with E-state index in [4.69, 9.17) is 17.0 Å². The van der Waals surface area contributed by atoms with Crippen molar-refractivity contribution in [3.63, 3.8) is 0 Å². The van der Waals surface area contributed by atoms with Crippen LogP contribution in [0.2, 0.25) is 0 Å². The van der Waals surface area contributed by atoms with Crippen LogP contribution in [0.3, 0.4) is 0 Å². The Balaban J connectivity index is 1.45. The van der Waals surface area contributed by atoms with Gasteiger partial charge in [-0.1, -0.05) is 30.0 Å². The summed E-state index contributed by atoms with van der Waals surface area (Å²) < 4.78 is 5.69. The molecule has 2 fully saturated rings. The highest BCUT2D eigenvalue weighted by Gasteiger charge is 2.33. The predicted octanol–water partition coefficient (Wildman–Crippen LogP) is 3.13. The maximum absolute atomic E-state index is 12.7. The number of thiophene rings is 1. The van der Waals surface area contributed by atoms with Gasteiger partial charge in [0, 0.05) is 18.8 Å². The normalized spacial score (nSPS) is 18.8. The number of hydrazine groups is 1. The summed E-state index contributed by atoms with van der Waals surface area (Å²) in [7, 11) is 0. The molecular formula is C19H17N3O3S3.